The molecule has 2 aromatic carbocycles. The van der Waals surface area contributed by atoms with Crippen molar-refractivity contribution in [2.24, 2.45) is 5.73 Å². The van der Waals surface area contributed by atoms with E-state index in [1.54, 1.807) is 7.11 Å². The van der Waals surface area contributed by atoms with Crippen LogP contribution in [-0.2, 0) is 13.0 Å². The number of rotatable bonds is 7. The summed E-state index contributed by atoms with van der Waals surface area (Å²) in [6.45, 7) is 5.35. The number of para-hydroxylation sites is 1. The first kappa shape index (κ1) is 16.4. The Morgan fingerprint density at radius 1 is 1.05 bits per heavy atom. The van der Waals surface area contributed by atoms with E-state index < -0.39 is 0 Å². The van der Waals surface area contributed by atoms with Gasteiger partial charge in [0.1, 0.15) is 18.1 Å². The maximum absolute atomic E-state index is 6.05. The predicted molar refractivity (Wildman–Crippen MR) is 90.6 cm³/mol. The Balaban J connectivity index is 2.17. The van der Waals surface area contributed by atoms with E-state index in [9.17, 15) is 0 Å². The maximum Gasteiger partial charge on any atom is 0.125 e. The molecule has 3 heteroatoms. The molecule has 0 saturated heterocycles. The molecule has 22 heavy (non-hydrogen) atoms. The van der Waals surface area contributed by atoms with Crippen LogP contribution >= 0.6 is 0 Å². The molecule has 0 atom stereocenters. The van der Waals surface area contributed by atoms with Crippen molar-refractivity contribution in [2.45, 2.75) is 33.3 Å². The van der Waals surface area contributed by atoms with Crippen molar-refractivity contribution in [3.8, 4) is 11.5 Å². The number of aryl methyl sites for hydroxylation is 3. The number of nitrogens with two attached hydrogens (primary N) is 1. The SMILES string of the molecule is COc1ccc(CCCN)cc1COc1c(C)cccc1C. The van der Waals surface area contributed by atoms with Crippen molar-refractivity contribution in [1.82, 2.24) is 0 Å². The summed E-state index contributed by atoms with van der Waals surface area (Å²) in [6, 6.07) is 12.4. The fraction of sp³-hybridized carbons (Fsp3) is 0.368. The highest BCUT2D eigenvalue weighted by Crippen LogP contribution is 2.26. The zero-order chi connectivity index (χ0) is 15.9. The summed E-state index contributed by atoms with van der Waals surface area (Å²) >= 11 is 0. The summed E-state index contributed by atoms with van der Waals surface area (Å²) in [5.41, 5.74) is 10.2. The Hall–Kier alpha value is -2.00. The third-order valence-electron chi connectivity index (χ3n) is 3.80. The van der Waals surface area contributed by atoms with Gasteiger partial charge >= 0.3 is 0 Å². The topological polar surface area (TPSA) is 44.5 Å². The highest BCUT2D eigenvalue weighted by atomic mass is 16.5. The molecule has 0 spiro atoms. The molecule has 0 aliphatic heterocycles. The third kappa shape index (κ3) is 4.01. The van der Waals surface area contributed by atoms with Gasteiger partial charge in [-0.3, -0.25) is 0 Å². The van der Waals surface area contributed by atoms with Crippen molar-refractivity contribution in [3.63, 3.8) is 0 Å². The van der Waals surface area contributed by atoms with Gasteiger partial charge < -0.3 is 15.2 Å². The Morgan fingerprint density at radius 2 is 1.77 bits per heavy atom. The van der Waals surface area contributed by atoms with Gasteiger partial charge in [-0.1, -0.05) is 24.3 Å². The standard InChI is InChI=1S/C19H25NO2/c1-14-6-4-7-15(2)19(14)22-13-17-12-16(8-5-11-20)9-10-18(17)21-3/h4,6-7,9-10,12H,5,8,11,13,20H2,1-3H3. The number of ether oxygens (including phenoxy) is 2. The van der Waals surface area contributed by atoms with Crippen LogP contribution in [0.4, 0.5) is 0 Å². The molecule has 0 bridgehead atoms. The Morgan fingerprint density at radius 3 is 2.41 bits per heavy atom. The van der Waals surface area contributed by atoms with Crippen molar-refractivity contribution in [1.29, 1.82) is 0 Å². The van der Waals surface area contributed by atoms with Crippen molar-refractivity contribution >= 4 is 0 Å². The third-order valence-corrected chi connectivity index (χ3v) is 3.80. The van der Waals surface area contributed by atoms with Crippen molar-refractivity contribution in [3.05, 3.63) is 58.7 Å². The summed E-state index contributed by atoms with van der Waals surface area (Å²) in [4.78, 5) is 0. The highest BCUT2D eigenvalue weighted by molar-refractivity contribution is 5.41. The molecular weight excluding hydrogens is 274 g/mol. The summed E-state index contributed by atoms with van der Waals surface area (Å²) in [5, 5.41) is 0. The molecule has 0 heterocycles. The molecule has 0 radical (unpaired) electrons. The van der Waals surface area contributed by atoms with Crippen LogP contribution in [0.2, 0.25) is 0 Å². The molecule has 0 amide bonds. The number of hydrogen-bond donors (Lipinski definition) is 1. The van der Waals surface area contributed by atoms with Crippen LogP contribution in [0.25, 0.3) is 0 Å². The van der Waals surface area contributed by atoms with E-state index in [0.717, 1.165) is 41.0 Å². The van der Waals surface area contributed by atoms with E-state index in [-0.39, 0.29) is 0 Å². The van der Waals surface area contributed by atoms with E-state index in [2.05, 4.69) is 38.1 Å². The molecule has 0 unspecified atom stereocenters. The zero-order valence-corrected chi connectivity index (χ0v) is 13.7. The Kier molecular flexibility index (Phi) is 5.84. The number of methoxy groups -OCH3 is 1. The minimum absolute atomic E-state index is 0.505. The van der Waals surface area contributed by atoms with Crippen LogP contribution in [0.15, 0.2) is 36.4 Å². The van der Waals surface area contributed by atoms with Crippen LogP contribution in [0.5, 0.6) is 11.5 Å². The Bertz CT molecular complexity index is 603. The number of hydrogen-bond acceptors (Lipinski definition) is 3. The van der Waals surface area contributed by atoms with Crippen LogP contribution in [-0.4, -0.2) is 13.7 Å². The summed E-state index contributed by atoms with van der Waals surface area (Å²) in [6.07, 6.45) is 1.97. The van der Waals surface area contributed by atoms with Gasteiger partial charge in [-0.05, 0) is 62.1 Å². The lowest BCUT2D eigenvalue weighted by molar-refractivity contribution is 0.293. The number of benzene rings is 2. The zero-order valence-electron chi connectivity index (χ0n) is 13.7. The second-order valence-corrected chi connectivity index (χ2v) is 5.55. The lowest BCUT2D eigenvalue weighted by atomic mass is 10.1. The molecule has 0 fully saturated rings. The summed E-state index contributed by atoms with van der Waals surface area (Å²) in [7, 11) is 1.69. The first-order valence-corrected chi connectivity index (χ1v) is 7.70. The predicted octanol–water partition coefficient (Wildman–Crippen LogP) is 3.78. The average Bonchev–Trinajstić information content (AvgIpc) is 2.52. The minimum atomic E-state index is 0.505. The van der Waals surface area contributed by atoms with E-state index in [4.69, 9.17) is 15.2 Å². The monoisotopic (exact) mass is 299 g/mol. The molecule has 0 aromatic heterocycles. The normalized spacial score (nSPS) is 10.5. The van der Waals surface area contributed by atoms with E-state index in [1.165, 1.54) is 5.56 Å². The minimum Gasteiger partial charge on any atom is -0.496 e. The molecule has 3 nitrogen and oxygen atoms in total. The van der Waals surface area contributed by atoms with E-state index in [1.807, 2.05) is 12.1 Å². The van der Waals surface area contributed by atoms with Gasteiger partial charge in [-0.15, -0.1) is 0 Å². The molecular formula is C19H25NO2. The van der Waals surface area contributed by atoms with Crippen LogP contribution in [0, 0.1) is 13.8 Å². The lowest BCUT2D eigenvalue weighted by Crippen LogP contribution is -2.04. The Labute approximate surface area is 133 Å². The van der Waals surface area contributed by atoms with Crippen molar-refractivity contribution < 1.29 is 9.47 Å². The first-order chi connectivity index (χ1) is 10.7. The van der Waals surface area contributed by atoms with Gasteiger partial charge in [0.2, 0.25) is 0 Å². The van der Waals surface area contributed by atoms with Gasteiger partial charge in [-0.25, -0.2) is 0 Å². The van der Waals surface area contributed by atoms with Gasteiger partial charge in [0.05, 0.1) is 7.11 Å². The first-order valence-electron chi connectivity index (χ1n) is 7.70. The van der Waals surface area contributed by atoms with Crippen LogP contribution in [0.1, 0.15) is 28.7 Å². The highest BCUT2D eigenvalue weighted by Gasteiger charge is 2.08. The molecule has 2 N–H and O–H groups in total. The van der Waals surface area contributed by atoms with Crippen molar-refractivity contribution in [2.75, 3.05) is 13.7 Å². The van der Waals surface area contributed by atoms with Gasteiger partial charge in [0, 0.05) is 5.56 Å². The fourth-order valence-corrected chi connectivity index (χ4v) is 2.58. The van der Waals surface area contributed by atoms with Gasteiger partial charge in [-0.2, -0.15) is 0 Å². The molecule has 2 aromatic rings. The smallest absolute Gasteiger partial charge is 0.125 e. The largest absolute Gasteiger partial charge is 0.496 e. The quantitative estimate of drug-likeness (QED) is 0.846. The second kappa shape index (κ2) is 7.85. The molecule has 118 valence electrons. The summed E-state index contributed by atoms with van der Waals surface area (Å²) < 4.78 is 11.5. The van der Waals surface area contributed by atoms with Crippen LogP contribution < -0.4 is 15.2 Å². The average molecular weight is 299 g/mol. The molecule has 0 aliphatic rings. The maximum atomic E-state index is 6.05. The lowest BCUT2D eigenvalue weighted by Gasteiger charge is -2.15. The van der Waals surface area contributed by atoms with Gasteiger partial charge in [0.25, 0.3) is 0 Å². The fourth-order valence-electron chi connectivity index (χ4n) is 2.58. The van der Waals surface area contributed by atoms with Gasteiger partial charge in [0.15, 0.2) is 0 Å². The molecule has 0 saturated carbocycles. The van der Waals surface area contributed by atoms with Crippen LogP contribution in [0.3, 0.4) is 0 Å². The molecule has 0 aliphatic carbocycles. The molecule has 2 rings (SSSR count). The summed E-state index contributed by atoms with van der Waals surface area (Å²) in [5.74, 6) is 1.82. The van der Waals surface area contributed by atoms with E-state index in [0.29, 0.717) is 13.2 Å². The second-order valence-electron chi connectivity index (χ2n) is 5.55. The van der Waals surface area contributed by atoms with E-state index >= 15 is 0 Å².